The normalized spacial score (nSPS) is 15.4. The zero-order chi connectivity index (χ0) is 24.0. The molecular formula is C23H23N3O6S. The molecule has 2 aromatic rings. The molecule has 1 saturated heterocycles. The number of rotatable bonds is 8. The van der Waals surface area contributed by atoms with E-state index in [1.54, 1.807) is 43.3 Å². The van der Waals surface area contributed by atoms with Crippen molar-refractivity contribution in [2.75, 3.05) is 30.5 Å². The fourth-order valence-corrected chi connectivity index (χ4v) is 3.71. The molecule has 3 rings (SSSR count). The summed E-state index contributed by atoms with van der Waals surface area (Å²) in [6.45, 7) is 1.66. The van der Waals surface area contributed by atoms with Crippen molar-refractivity contribution < 1.29 is 28.7 Å². The molecule has 0 aromatic heterocycles. The van der Waals surface area contributed by atoms with Crippen LogP contribution in [0.15, 0.2) is 54.6 Å². The highest BCUT2D eigenvalue weighted by Crippen LogP contribution is 2.28. The van der Waals surface area contributed by atoms with Crippen LogP contribution in [0.3, 0.4) is 0 Å². The molecule has 0 aliphatic carbocycles. The maximum atomic E-state index is 13.3. The minimum Gasteiger partial charge on any atom is -0.468 e. The second-order valence-corrected chi connectivity index (χ2v) is 7.43. The molecule has 33 heavy (non-hydrogen) atoms. The second kappa shape index (κ2) is 10.7. The third kappa shape index (κ3) is 5.53. The third-order valence-corrected chi connectivity index (χ3v) is 5.34. The summed E-state index contributed by atoms with van der Waals surface area (Å²) in [5.74, 6) is -1.95. The molecule has 1 N–H and O–H groups in total. The number of anilines is 2. The van der Waals surface area contributed by atoms with Crippen LogP contribution in [0.1, 0.15) is 23.7 Å². The summed E-state index contributed by atoms with van der Waals surface area (Å²) in [6.07, 6.45) is -0.220. The van der Waals surface area contributed by atoms with Crippen molar-refractivity contribution in [3.63, 3.8) is 0 Å². The lowest BCUT2D eigenvalue weighted by atomic mass is 10.1. The fourth-order valence-electron chi connectivity index (χ4n) is 3.33. The van der Waals surface area contributed by atoms with Crippen molar-refractivity contribution in [2.45, 2.75) is 19.4 Å². The Balaban J connectivity index is 1.83. The monoisotopic (exact) mass is 469 g/mol. The Hall–Kier alpha value is -3.79. The largest absolute Gasteiger partial charge is 0.468 e. The van der Waals surface area contributed by atoms with Crippen LogP contribution in [0.2, 0.25) is 0 Å². The lowest BCUT2D eigenvalue weighted by Crippen LogP contribution is -2.41. The van der Waals surface area contributed by atoms with Crippen molar-refractivity contribution >= 4 is 52.5 Å². The first-order valence-electron chi connectivity index (χ1n) is 10.2. The number of nitrogens with zero attached hydrogens (tertiary/aromatic N) is 2. The maximum Gasteiger partial charge on any atom is 0.338 e. The van der Waals surface area contributed by atoms with Gasteiger partial charge >= 0.3 is 11.9 Å². The van der Waals surface area contributed by atoms with Gasteiger partial charge in [-0.15, -0.1) is 0 Å². The van der Waals surface area contributed by atoms with Crippen molar-refractivity contribution in [3.05, 3.63) is 60.2 Å². The zero-order valence-corrected chi connectivity index (χ0v) is 19.0. The van der Waals surface area contributed by atoms with Gasteiger partial charge in [-0.05, 0) is 55.5 Å². The third-order valence-electron chi connectivity index (χ3n) is 4.92. The first-order chi connectivity index (χ1) is 15.8. The number of ether oxygens (including phenoxy) is 2. The number of benzene rings is 2. The Morgan fingerprint density at radius 3 is 2.33 bits per heavy atom. The number of carbonyl (C=O) groups excluding carboxylic acids is 4. The fraction of sp³-hybridized carbons (Fsp3) is 0.261. The average Bonchev–Trinajstić information content (AvgIpc) is 3.03. The standard InChI is InChI=1S/C23H23N3O6S/c1-3-32-22(30)15-9-11-17(12-10-15)26-21(29)18(25(23(26)33)14-20(28)31-2)13-19(27)24-16-7-5-4-6-8-16/h4-12,18H,3,13-14H2,1-2H3,(H,24,27). The number of nitrogens with one attached hydrogen (secondary N) is 1. The SMILES string of the molecule is CCOC(=O)c1ccc(N2C(=O)C(CC(=O)Nc3ccccc3)N(CC(=O)OC)C2=S)cc1. The van der Waals surface area contributed by atoms with Gasteiger partial charge < -0.3 is 19.7 Å². The molecule has 1 aliphatic heterocycles. The predicted molar refractivity (Wildman–Crippen MR) is 125 cm³/mol. The Morgan fingerprint density at radius 1 is 1.06 bits per heavy atom. The molecule has 0 radical (unpaired) electrons. The smallest absolute Gasteiger partial charge is 0.338 e. The van der Waals surface area contributed by atoms with E-state index in [9.17, 15) is 19.2 Å². The molecule has 1 unspecified atom stereocenters. The Morgan fingerprint density at radius 2 is 1.73 bits per heavy atom. The van der Waals surface area contributed by atoms with Crippen LogP contribution in [0.4, 0.5) is 11.4 Å². The zero-order valence-electron chi connectivity index (χ0n) is 18.1. The van der Waals surface area contributed by atoms with Gasteiger partial charge in [-0.25, -0.2) is 4.79 Å². The molecule has 2 aromatic carbocycles. The number of thiocarbonyl (C=S) groups is 1. The number of amides is 2. The molecule has 0 bridgehead atoms. The summed E-state index contributed by atoms with van der Waals surface area (Å²) in [5.41, 5.74) is 1.31. The molecule has 1 fully saturated rings. The van der Waals surface area contributed by atoms with Gasteiger partial charge in [-0.1, -0.05) is 18.2 Å². The summed E-state index contributed by atoms with van der Waals surface area (Å²) in [6, 6.07) is 14.0. The van der Waals surface area contributed by atoms with Gasteiger partial charge in [0.05, 0.1) is 31.4 Å². The minimum absolute atomic E-state index is 0.0618. The van der Waals surface area contributed by atoms with Crippen LogP contribution in [0, 0.1) is 0 Å². The van der Waals surface area contributed by atoms with Crippen LogP contribution in [-0.2, 0) is 23.9 Å². The quantitative estimate of drug-likeness (QED) is 0.464. The van der Waals surface area contributed by atoms with Crippen molar-refractivity contribution in [3.8, 4) is 0 Å². The average molecular weight is 470 g/mol. The van der Waals surface area contributed by atoms with Crippen molar-refractivity contribution in [1.29, 1.82) is 0 Å². The van der Waals surface area contributed by atoms with E-state index in [4.69, 9.17) is 21.7 Å². The predicted octanol–water partition coefficient (Wildman–Crippen LogP) is 2.37. The topological polar surface area (TPSA) is 105 Å². The van der Waals surface area contributed by atoms with Gasteiger partial charge in [0.1, 0.15) is 12.6 Å². The van der Waals surface area contributed by atoms with Crippen LogP contribution in [0.25, 0.3) is 0 Å². The summed E-state index contributed by atoms with van der Waals surface area (Å²) in [4.78, 5) is 52.4. The molecule has 1 heterocycles. The maximum absolute atomic E-state index is 13.3. The molecule has 2 amide bonds. The van der Waals surface area contributed by atoms with Gasteiger partial charge in [0.15, 0.2) is 5.11 Å². The number of para-hydroxylation sites is 1. The Bertz CT molecular complexity index is 1060. The summed E-state index contributed by atoms with van der Waals surface area (Å²) >= 11 is 5.47. The molecule has 9 nitrogen and oxygen atoms in total. The van der Waals surface area contributed by atoms with Crippen molar-refractivity contribution in [1.82, 2.24) is 4.90 Å². The number of hydrogen-bond acceptors (Lipinski definition) is 7. The lowest BCUT2D eigenvalue weighted by Gasteiger charge is -2.22. The van der Waals surface area contributed by atoms with Gasteiger partial charge in [0.25, 0.3) is 5.91 Å². The molecule has 0 spiro atoms. The highest BCUT2D eigenvalue weighted by Gasteiger charge is 2.45. The van der Waals surface area contributed by atoms with E-state index in [1.165, 1.54) is 29.0 Å². The number of esters is 2. The Kier molecular flexibility index (Phi) is 7.73. The van der Waals surface area contributed by atoms with E-state index in [-0.39, 0.29) is 24.7 Å². The van der Waals surface area contributed by atoms with E-state index >= 15 is 0 Å². The van der Waals surface area contributed by atoms with Crippen LogP contribution < -0.4 is 10.2 Å². The highest BCUT2D eigenvalue weighted by atomic mass is 32.1. The van der Waals surface area contributed by atoms with Crippen LogP contribution >= 0.6 is 12.2 Å². The van der Waals surface area contributed by atoms with Crippen LogP contribution in [-0.4, -0.2) is 60.1 Å². The van der Waals surface area contributed by atoms with E-state index in [0.29, 0.717) is 16.9 Å². The van der Waals surface area contributed by atoms with Gasteiger partial charge in [-0.3, -0.25) is 19.3 Å². The summed E-state index contributed by atoms with van der Waals surface area (Å²) in [7, 11) is 1.23. The van der Waals surface area contributed by atoms with E-state index in [2.05, 4.69) is 5.32 Å². The Labute approximate surface area is 196 Å². The molecule has 1 aliphatic rings. The molecule has 1 atom stereocenters. The number of hydrogen-bond donors (Lipinski definition) is 1. The molecule has 10 heteroatoms. The molecule has 172 valence electrons. The van der Waals surface area contributed by atoms with Gasteiger partial charge in [-0.2, -0.15) is 0 Å². The van der Waals surface area contributed by atoms with Gasteiger partial charge in [0, 0.05) is 5.69 Å². The van der Waals surface area contributed by atoms with E-state index in [1.807, 2.05) is 6.07 Å². The van der Waals surface area contributed by atoms with E-state index in [0.717, 1.165) is 0 Å². The molecular weight excluding hydrogens is 446 g/mol. The minimum atomic E-state index is -0.995. The van der Waals surface area contributed by atoms with E-state index < -0.39 is 29.8 Å². The lowest BCUT2D eigenvalue weighted by molar-refractivity contribution is -0.141. The summed E-state index contributed by atoms with van der Waals surface area (Å²) < 4.78 is 9.70. The second-order valence-electron chi connectivity index (χ2n) is 7.06. The number of methoxy groups -OCH3 is 1. The van der Waals surface area contributed by atoms with Gasteiger partial charge in [0.2, 0.25) is 5.91 Å². The molecule has 0 saturated carbocycles. The number of carbonyl (C=O) groups is 4. The first kappa shape index (κ1) is 23.9. The highest BCUT2D eigenvalue weighted by molar-refractivity contribution is 7.80. The first-order valence-corrected chi connectivity index (χ1v) is 10.6. The van der Waals surface area contributed by atoms with Crippen LogP contribution in [0.5, 0.6) is 0 Å². The van der Waals surface area contributed by atoms with Crippen molar-refractivity contribution in [2.24, 2.45) is 0 Å². The summed E-state index contributed by atoms with van der Waals surface area (Å²) in [5, 5.41) is 2.79.